The number of benzene rings is 1. The second kappa shape index (κ2) is 5.58. The monoisotopic (exact) mass is 279 g/mol. The van der Waals surface area contributed by atoms with E-state index in [4.69, 9.17) is 5.11 Å². The minimum absolute atomic E-state index is 0.286. The lowest BCUT2D eigenvalue weighted by Gasteiger charge is -2.07. The van der Waals surface area contributed by atoms with E-state index >= 15 is 0 Å². The largest absolute Gasteiger partial charge is 0.478 e. The summed E-state index contributed by atoms with van der Waals surface area (Å²) in [5.74, 6) is -0.128. The van der Waals surface area contributed by atoms with E-state index in [-0.39, 0.29) is 5.56 Å². The maximum atomic E-state index is 10.8. The van der Waals surface area contributed by atoms with E-state index in [0.717, 1.165) is 17.1 Å². The molecule has 2 heterocycles. The van der Waals surface area contributed by atoms with Crippen molar-refractivity contribution in [3.63, 3.8) is 0 Å². The quantitative estimate of drug-likeness (QED) is 0.797. The van der Waals surface area contributed by atoms with E-state index in [0.29, 0.717) is 6.54 Å². The topological polar surface area (TPSA) is 68.0 Å². The molecule has 5 nitrogen and oxygen atoms in total. The summed E-state index contributed by atoms with van der Waals surface area (Å²) in [6.45, 7) is 0.617. The van der Waals surface area contributed by atoms with Crippen molar-refractivity contribution in [3.05, 3.63) is 72.2 Å². The van der Waals surface area contributed by atoms with E-state index in [1.54, 1.807) is 24.5 Å². The molecule has 0 unspecified atom stereocenters. The number of carboxylic acid groups (broad SMARTS) is 1. The summed E-state index contributed by atoms with van der Waals surface area (Å²) in [5, 5.41) is 8.90. The lowest BCUT2D eigenvalue weighted by molar-refractivity contribution is 0.0697. The number of hydrogen-bond acceptors (Lipinski definition) is 3. The molecule has 0 spiro atoms. The van der Waals surface area contributed by atoms with Gasteiger partial charge in [-0.25, -0.2) is 9.78 Å². The molecule has 1 N–H and O–H groups in total. The molecule has 0 atom stereocenters. The van der Waals surface area contributed by atoms with E-state index < -0.39 is 5.97 Å². The van der Waals surface area contributed by atoms with Gasteiger partial charge in [0.25, 0.3) is 0 Å². The molecule has 0 aliphatic heterocycles. The number of pyridine rings is 1. The van der Waals surface area contributed by atoms with Crippen LogP contribution in [0.4, 0.5) is 0 Å². The van der Waals surface area contributed by atoms with E-state index in [1.165, 1.54) is 0 Å². The van der Waals surface area contributed by atoms with E-state index in [1.807, 2.05) is 41.1 Å². The molecule has 0 aliphatic rings. The Morgan fingerprint density at radius 2 is 1.86 bits per heavy atom. The molecule has 1 aromatic carbocycles. The van der Waals surface area contributed by atoms with Crippen LogP contribution in [0.25, 0.3) is 11.5 Å². The molecule has 0 aliphatic carbocycles. The zero-order chi connectivity index (χ0) is 14.7. The summed E-state index contributed by atoms with van der Waals surface area (Å²) < 4.78 is 1.98. The Labute approximate surface area is 121 Å². The van der Waals surface area contributed by atoms with Crippen LogP contribution in [-0.2, 0) is 6.54 Å². The van der Waals surface area contributed by atoms with Crippen molar-refractivity contribution in [1.29, 1.82) is 0 Å². The van der Waals surface area contributed by atoms with Gasteiger partial charge in [-0.2, -0.15) is 0 Å². The molecule has 0 amide bonds. The predicted octanol–water partition coefficient (Wildman–Crippen LogP) is 2.69. The second-order valence-electron chi connectivity index (χ2n) is 4.60. The van der Waals surface area contributed by atoms with Crippen LogP contribution in [0.1, 0.15) is 15.9 Å². The number of aromatic carboxylic acids is 1. The van der Waals surface area contributed by atoms with Crippen molar-refractivity contribution in [2.24, 2.45) is 0 Å². The molecule has 3 aromatic rings. The molecule has 104 valence electrons. The number of carbonyl (C=O) groups is 1. The lowest BCUT2D eigenvalue weighted by atomic mass is 10.1. The number of hydrogen-bond donors (Lipinski definition) is 1. The van der Waals surface area contributed by atoms with Gasteiger partial charge in [0.05, 0.1) is 5.56 Å². The van der Waals surface area contributed by atoms with E-state index in [9.17, 15) is 4.79 Å². The van der Waals surface area contributed by atoms with Gasteiger partial charge in [0.2, 0.25) is 0 Å². The van der Waals surface area contributed by atoms with Gasteiger partial charge in [0.15, 0.2) is 5.82 Å². The van der Waals surface area contributed by atoms with Crippen LogP contribution in [-0.4, -0.2) is 25.6 Å². The molecule has 0 radical (unpaired) electrons. The fourth-order valence-corrected chi connectivity index (χ4v) is 2.11. The zero-order valence-corrected chi connectivity index (χ0v) is 11.2. The number of nitrogens with zero attached hydrogens (tertiary/aromatic N) is 3. The first-order valence-electron chi connectivity index (χ1n) is 6.49. The molecule has 0 bridgehead atoms. The van der Waals surface area contributed by atoms with Crippen LogP contribution in [0.5, 0.6) is 0 Å². The van der Waals surface area contributed by atoms with Crippen molar-refractivity contribution in [2.75, 3.05) is 0 Å². The van der Waals surface area contributed by atoms with Gasteiger partial charge in [-0.05, 0) is 29.8 Å². The number of rotatable bonds is 4. The Hall–Kier alpha value is -2.95. The zero-order valence-electron chi connectivity index (χ0n) is 11.2. The Morgan fingerprint density at radius 3 is 2.52 bits per heavy atom. The number of aromatic nitrogens is 3. The highest BCUT2D eigenvalue weighted by atomic mass is 16.4. The molecule has 0 fully saturated rings. The van der Waals surface area contributed by atoms with Crippen LogP contribution in [0.3, 0.4) is 0 Å². The predicted molar refractivity (Wildman–Crippen MR) is 78.0 cm³/mol. The molecular formula is C16H13N3O2. The van der Waals surface area contributed by atoms with Gasteiger partial charge >= 0.3 is 5.97 Å². The third kappa shape index (κ3) is 2.81. The highest BCUT2D eigenvalue weighted by Crippen LogP contribution is 2.16. The van der Waals surface area contributed by atoms with Crippen molar-refractivity contribution >= 4 is 5.97 Å². The van der Waals surface area contributed by atoms with Crippen LogP contribution in [0, 0.1) is 0 Å². The summed E-state index contributed by atoms with van der Waals surface area (Å²) >= 11 is 0. The Morgan fingerprint density at radius 1 is 1.05 bits per heavy atom. The normalized spacial score (nSPS) is 10.5. The van der Waals surface area contributed by atoms with Crippen molar-refractivity contribution in [2.45, 2.75) is 6.54 Å². The highest BCUT2D eigenvalue weighted by molar-refractivity contribution is 5.87. The van der Waals surface area contributed by atoms with Gasteiger partial charge in [0.1, 0.15) is 5.69 Å². The highest BCUT2D eigenvalue weighted by Gasteiger charge is 2.08. The first-order chi connectivity index (χ1) is 10.2. The molecule has 21 heavy (non-hydrogen) atoms. The summed E-state index contributed by atoms with van der Waals surface area (Å²) in [6.07, 6.45) is 5.35. The molecule has 0 saturated heterocycles. The van der Waals surface area contributed by atoms with Gasteiger partial charge < -0.3 is 9.67 Å². The van der Waals surface area contributed by atoms with Gasteiger partial charge in [-0.1, -0.05) is 18.2 Å². The second-order valence-corrected chi connectivity index (χ2v) is 4.60. The van der Waals surface area contributed by atoms with Gasteiger partial charge in [0, 0.05) is 25.1 Å². The molecule has 0 saturated carbocycles. The maximum Gasteiger partial charge on any atom is 0.335 e. The van der Waals surface area contributed by atoms with Crippen LogP contribution in [0.2, 0.25) is 0 Å². The third-order valence-corrected chi connectivity index (χ3v) is 3.16. The summed E-state index contributed by atoms with van der Waals surface area (Å²) in [7, 11) is 0. The smallest absolute Gasteiger partial charge is 0.335 e. The fraction of sp³-hybridized carbons (Fsp3) is 0.0625. The third-order valence-electron chi connectivity index (χ3n) is 3.16. The molecule has 2 aromatic heterocycles. The van der Waals surface area contributed by atoms with Crippen molar-refractivity contribution in [1.82, 2.24) is 14.5 Å². The molecule has 5 heteroatoms. The number of carboxylic acids is 1. The molecular weight excluding hydrogens is 266 g/mol. The van der Waals surface area contributed by atoms with Gasteiger partial charge in [-0.3, -0.25) is 4.98 Å². The standard InChI is InChI=1S/C16H13N3O2/c20-16(21)13-6-4-12(5-7-13)11-19-10-9-18-15(19)14-3-1-2-8-17-14/h1-10H,11H2,(H,20,21). The minimum Gasteiger partial charge on any atom is -0.478 e. The summed E-state index contributed by atoms with van der Waals surface area (Å²) in [5.41, 5.74) is 2.11. The Bertz CT molecular complexity index is 749. The van der Waals surface area contributed by atoms with E-state index in [2.05, 4.69) is 9.97 Å². The first-order valence-corrected chi connectivity index (χ1v) is 6.49. The average molecular weight is 279 g/mol. The fourth-order valence-electron chi connectivity index (χ4n) is 2.11. The minimum atomic E-state index is -0.918. The number of imidazole rings is 1. The van der Waals surface area contributed by atoms with Gasteiger partial charge in [-0.15, -0.1) is 0 Å². The van der Waals surface area contributed by atoms with Crippen molar-refractivity contribution in [3.8, 4) is 11.5 Å². The average Bonchev–Trinajstić information content (AvgIpc) is 2.97. The van der Waals surface area contributed by atoms with Crippen molar-refractivity contribution < 1.29 is 9.90 Å². The first kappa shape index (κ1) is 13.1. The Balaban J connectivity index is 1.86. The summed E-state index contributed by atoms with van der Waals surface area (Å²) in [4.78, 5) is 19.5. The molecule has 3 rings (SSSR count). The lowest BCUT2D eigenvalue weighted by Crippen LogP contribution is -2.03. The SMILES string of the molecule is O=C(O)c1ccc(Cn2ccnc2-c2ccccn2)cc1. The van der Waals surface area contributed by atoms with Crippen LogP contribution in [0.15, 0.2) is 61.1 Å². The van der Waals surface area contributed by atoms with Crippen LogP contribution >= 0.6 is 0 Å². The summed E-state index contributed by atoms with van der Waals surface area (Å²) in [6, 6.07) is 12.5. The maximum absolute atomic E-state index is 10.8. The van der Waals surface area contributed by atoms with Crippen LogP contribution < -0.4 is 0 Å². The Kier molecular flexibility index (Phi) is 3.47.